The minimum absolute atomic E-state index is 0.00619. The van der Waals surface area contributed by atoms with Gasteiger partial charge in [0, 0.05) is 27.8 Å². The van der Waals surface area contributed by atoms with E-state index < -0.39 is 28.4 Å². The summed E-state index contributed by atoms with van der Waals surface area (Å²) in [6, 6.07) is 34.1. The van der Waals surface area contributed by atoms with Crippen molar-refractivity contribution in [1.82, 2.24) is 0 Å². The molecule has 10 heteroatoms. The summed E-state index contributed by atoms with van der Waals surface area (Å²) in [6.07, 6.45) is 5.02. The number of Topliss-reactive ketones (excluding diaryl/α,β-unsaturated/α-hetero) is 4. The molecule has 0 amide bonds. The number of benzene rings is 5. The van der Waals surface area contributed by atoms with Crippen LogP contribution in [0.1, 0.15) is 74.0 Å². The average Bonchev–Trinajstić information content (AvgIpc) is 3.19. The second-order valence-corrected chi connectivity index (χ2v) is 13.2. The third kappa shape index (κ3) is 9.65. The SMILES string of the molecule is O=C(C(Cl)=Cc1cc(C(=O)Cl)c(C=C(Cl)C(=O)c2ccccc2)c(C=C(Cl)C(=O)c2ccccc2)c1C=C(Cl)C(=O)c1ccccc1)c1ccccc1. The number of hydrogen-bond donors (Lipinski definition) is 0. The Labute approximate surface area is 330 Å². The van der Waals surface area contributed by atoms with Crippen LogP contribution in [0.5, 0.6) is 0 Å². The molecule has 5 rings (SSSR count). The van der Waals surface area contributed by atoms with Crippen molar-refractivity contribution in [2.45, 2.75) is 0 Å². The molecule has 0 aliphatic heterocycles. The van der Waals surface area contributed by atoms with E-state index in [1.54, 1.807) is 121 Å². The summed E-state index contributed by atoms with van der Waals surface area (Å²) in [5.74, 6) is -2.30. The van der Waals surface area contributed by atoms with Gasteiger partial charge in [-0.3, -0.25) is 24.0 Å². The maximum atomic E-state index is 13.6. The Morgan fingerprint density at radius 3 is 0.962 bits per heavy atom. The summed E-state index contributed by atoms with van der Waals surface area (Å²) in [5, 5.41) is -2.20. The minimum atomic E-state index is -0.991. The highest BCUT2D eigenvalue weighted by Gasteiger charge is 2.23. The predicted octanol–water partition coefficient (Wildman–Crippen LogP) is 11.9. The van der Waals surface area contributed by atoms with Crippen molar-refractivity contribution in [3.63, 3.8) is 0 Å². The Morgan fingerprint density at radius 1 is 0.358 bits per heavy atom. The maximum absolute atomic E-state index is 13.6. The number of allylic oxidation sites excluding steroid dienone is 4. The Kier molecular flexibility index (Phi) is 13.3. The van der Waals surface area contributed by atoms with Crippen molar-refractivity contribution in [3.05, 3.63) is 198 Å². The van der Waals surface area contributed by atoms with E-state index in [9.17, 15) is 24.0 Å². The van der Waals surface area contributed by atoms with Gasteiger partial charge in [0.2, 0.25) is 23.1 Å². The van der Waals surface area contributed by atoms with Gasteiger partial charge in [0.05, 0.1) is 20.1 Å². The van der Waals surface area contributed by atoms with E-state index in [2.05, 4.69) is 0 Å². The molecule has 0 aliphatic rings. The fourth-order valence-electron chi connectivity index (χ4n) is 5.20. The van der Waals surface area contributed by atoms with Crippen LogP contribution in [0.3, 0.4) is 0 Å². The van der Waals surface area contributed by atoms with Crippen LogP contribution in [0.2, 0.25) is 0 Å². The van der Waals surface area contributed by atoms with Gasteiger partial charge in [0.25, 0.3) is 5.24 Å². The van der Waals surface area contributed by atoms with Crippen LogP contribution in [0, 0.1) is 0 Å². The number of hydrogen-bond acceptors (Lipinski definition) is 5. The van der Waals surface area contributed by atoms with Crippen LogP contribution in [0.4, 0.5) is 0 Å². The second kappa shape index (κ2) is 18.1. The molecule has 0 aliphatic carbocycles. The van der Waals surface area contributed by atoms with Gasteiger partial charge in [-0.15, -0.1) is 0 Å². The lowest BCUT2D eigenvalue weighted by Gasteiger charge is -2.16. The van der Waals surface area contributed by atoms with Crippen molar-refractivity contribution < 1.29 is 24.0 Å². The topological polar surface area (TPSA) is 85.3 Å². The van der Waals surface area contributed by atoms with Gasteiger partial charge in [-0.1, -0.05) is 168 Å². The molecule has 262 valence electrons. The monoisotopic (exact) mass is 796 g/mol. The number of ketones is 4. The largest absolute Gasteiger partial charge is 0.288 e. The Hall–Kier alpha value is -5.14. The molecule has 0 spiro atoms. The molecule has 53 heavy (non-hydrogen) atoms. The third-order valence-corrected chi connectivity index (χ3v) is 9.13. The van der Waals surface area contributed by atoms with Crippen molar-refractivity contribution in [2.24, 2.45) is 0 Å². The Bertz CT molecular complexity index is 2350. The summed E-state index contributed by atoms with van der Waals surface area (Å²) in [6.45, 7) is 0. The highest BCUT2D eigenvalue weighted by atomic mass is 35.5. The summed E-state index contributed by atoms with van der Waals surface area (Å²) in [7, 11) is 0. The molecule has 0 fully saturated rings. The van der Waals surface area contributed by atoms with Crippen LogP contribution >= 0.6 is 58.0 Å². The van der Waals surface area contributed by atoms with Crippen LogP contribution < -0.4 is 0 Å². The number of halogens is 5. The minimum Gasteiger partial charge on any atom is -0.288 e. The molecule has 0 heterocycles. The third-order valence-electron chi connectivity index (χ3n) is 7.80. The van der Waals surface area contributed by atoms with Gasteiger partial charge in [-0.2, -0.15) is 0 Å². The van der Waals surface area contributed by atoms with E-state index in [0.29, 0.717) is 0 Å². The quantitative estimate of drug-likeness (QED) is 0.0673. The second-order valence-electron chi connectivity index (χ2n) is 11.3. The van der Waals surface area contributed by atoms with E-state index in [1.807, 2.05) is 0 Å². The van der Waals surface area contributed by atoms with E-state index in [4.69, 9.17) is 58.0 Å². The first-order valence-electron chi connectivity index (χ1n) is 15.7. The molecule has 0 radical (unpaired) electrons. The van der Waals surface area contributed by atoms with E-state index in [-0.39, 0.29) is 70.2 Å². The summed E-state index contributed by atoms with van der Waals surface area (Å²) in [5.41, 5.74) is 0.994. The Morgan fingerprint density at radius 2 is 0.642 bits per heavy atom. The van der Waals surface area contributed by atoms with Crippen LogP contribution in [0.25, 0.3) is 24.3 Å². The molecule has 0 aromatic heterocycles. The molecule has 0 bridgehead atoms. The van der Waals surface area contributed by atoms with Gasteiger partial charge in [-0.25, -0.2) is 0 Å². The number of rotatable bonds is 13. The first-order chi connectivity index (χ1) is 25.5. The van der Waals surface area contributed by atoms with Gasteiger partial charge in [0.1, 0.15) is 0 Å². The van der Waals surface area contributed by atoms with Crippen molar-refractivity contribution in [3.8, 4) is 0 Å². The molecular weight excluding hydrogens is 774 g/mol. The zero-order valence-electron chi connectivity index (χ0n) is 27.4. The highest BCUT2D eigenvalue weighted by Crippen LogP contribution is 2.35. The molecule has 0 saturated heterocycles. The van der Waals surface area contributed by atoms with Crippen molar-refractivity contribution in [2.75, 3.05) is 0 Å². The molecule has 0 saturated carbocycles. The number of carbonyl (C=O) groups excluding carboxylic acids is 5. The van der Waals surface area contributed by atoms with E-state index >= 15 is 0 Å². The lowest BCUT2D eigenvalue weighted by atomic mass is 9.89. The zero-order valence-corrected chi connectivity index (χ0v) is 31.1. The molecule has 0 N–H and O–H groups in total. The number of carbonyl (C=O) groups is 5. The molecular formula is C43H25Cl5O5. The van der Waals surface area contributed by atoms with E-state index in [0.717, 1.165) is 0 Å². The maximum Gasteiger partial charge on any atom is 0.253 e. The smallest absolute Gasteiger partial charge is 0.253 e. The average molecular weight is 799 g/mol. The van der Waals surface area contributed by atoms with Crippen LogP contribution in [-0.2, 0) is 0 Å². The van der Waals surface area contributed by atoms with Crippen LogP contribution in [-0.4, -0.2) is 28.4 Å². The lowest BCUT2D eigenvalue weighted by molar-refractivity contribution is 0.103. The van der Waals surface area contributed by atoms with Gasteiger partial charge in [0.15, 0.2) is 0 Å². The summed E-state index contributed by atoms with van der Waals surface area (Å²) < 4.78 is 0. The Balaban J connectivity index is 1.86. The summed E-state index contributed by atoms with van der Waals surface area (Å²) in [4.78, 5) is 67.1. The first kappa shape index (κ1) is 39.1. The van der Waals surface area contributed by atoms with Crippen molar-refractivity contribution in [1.29, 1.82) is 0 Å². The normalized spacial score (nSPS) is 12.3. The van der Waals surface area contributed by atoms with E-state index in [1.165, 1.54) is 30.4 Å². The fraction of sp³-hybridized carbons (Fsp3) is 0. The molecule has 5 aromatic rings. The molecule has 5 nitrogen and oxygen atoms in total. The summed E-state index contributed by atoms with van der Waals surface area (Å²) >= 11 is 32.8. The molecule has 5 aromatic carbocycles. The molecule has 0 atom stereocenters. The highest BCUT2D eigenvalue weighted by molar-refractivity contribution is 6.68. The van der Waals surface area contributed by atoms with Crippen LogP contribution in [0.15, 0.2) is 148 Å². The fourth-order valence-corrected chi connectivity index (χ4v) is 6.24. The lowest BCUT2D eigenvalue weighted by Crippen LogP contribution is -2.07. The zero-order chi connectivity index (χ0) is 38.1. The van der Waals surface area contributed by atoms with Crippen molar-refractivity contribution >= 4 is 111 Å². The molecule has 0 unspecified atom stereocenters. The van der Waals surface area contributed by atoms with Gasteiger partial charge < -0.3 is 0 Å². The standard InChI is InChI=1S/C43H25Cl5O5/c44-35(39(49)26-13-5-1-6-14-26)22-30-21-34(43(48)53)33(25-38(47)42(52)29-19-11-4-12-20-29)32(24-37(46)41(51)28-17-9-3-10-18-28)31(30)23-36(45)40(50)27-15-7-2-8-16-27/h1-25H. The predicted molar refractivity (Wildman–Crippen MR) is 215 cm³/mol. The van der Waals surface area contributed by atoms with Gasteiger partial charge >= 0.3 is 0 Å². The first-order valence-corrected chi connectivity index (χ1v) is 17.6. The van der Waals surface area contributed by atoms with Gasteiger partial charge in [-0.05, 0) is 64.2 Å².